The van der Waals surface area contributed by atoms with Crippen LogP contribution in [0, 0.1) is 0 Å². The highest BCUT2D eigenvalue weighted by Gasteiger charge is 2.32. The second-order valence-electron chi connectivity index (χ2n) is 7.78. The molecule has 0 aliphatic heterocycles. The van der Waals surface area contributed by atoms with Gasteiger partial charge in [0, 0.05) is 6.20 Å². The molecule has 1 unspecified atom stereocenters. The largest absolute Gasteiger partial charge is 0.416 e. The van der Waals surface area contributed by atoms with Gasteiger partial charge in [-0.25, -0.2) is 0 Å². The first-order chi connectivity index (χ1) is 16.0. The Bertz CT molecular complexity index is 1150. The fourth-order valence-electron chi connectivity index (χ4n) is 3.74. The molecule has 0 spiro atoms. The molecule has 0 amide bonds. The van der Waals surface area contributed by atoms with Crippen molar-refractivity contribution >= 4 is 17.8 Å². The predicted molar refractivity (Wildman–Crippen MR) is 126 cm³/mol. The molecule has 33 heavy (non-hydrogen) atoms. The molecular formula is C27H23BF3NO. The topological polar surface area (TPSA) is 22.1 Å². The number of nitrogens with zero attached hydrogens (tertiary/aromatic N) is 1. The summed E-state index contributed by atoms with van der Waals surface area (Å²) in [5, 5.41) is 0. The standard InChI is InChI=1S/C27H23BF3NO/c1-2-20-11-17-24(18-12-20)28(23-8-4-3-5-9-23)33-26(25-10-6-7-19-32-25)21-13-15-22(16-14-21)27(29,30)31/h3-19,26H,2H2,1H3. The summed E-state index contributed by atoms with van der Waals surface area (Å²) in [6, 6.07) is 28.6. The van der Waals surface area contributed by atoms with E-state index < -0.39 is 24.8 Å². The number of aromatic nitrogens is 1. The molecule has 0 saturated heterocycles. The number of halogens is 3. The Labute approximate surface area is 192 Å². The Balaban J connectivity index is 1.76. The minimum absolute atomic E-state index is 0.425. The van der Waals surface area contributed by atoms with Gasteiger partial charge in [0.2, 0.25) is 0 Å². The van der Waals surface area contributed by atoms with E-state index in [1.165, 1.54) is 17.7 Å². The highest BCUT2D eigenvalue weighted by Crippen LogP contribution is 2.32. The van der Waals surface area contributed by atoms with E-state index in [0.717, 1.165) is 29.5 Å². The van der Waals surface area contributed by atoms with Crippen LogP contribution in [0.3, 0.4) is 0 Å². The first-order valence-electron chi connectivity index (χ1n) is 10.8. The van der Waals surface area contributed by atoms with Crippen molar-refractivity contribution in [3.8, 4) is 0 Å². The summed E-state index contributed by atoms with van der Waals surface area (Å²) in [7, 11) is 0. The van der Waals surface area contributed by atoms with Crippen molar-refractivity contribution in [3.63, 3.8) is 0 Å². The van der Waals surface area contributed by atoms with Gasteiger partial charge < -0.3 is 4.65 Å². The van der Waals surface area contributed by atoms with E-state index in [2.05, 4.69) is 24.0 Å². The van der Waals surface area contributed by atoms with Crippen molar-refractivity contribution in [1.82, 2.24) is 4.98 Å². The molecule has 6 heteroatoms. The number of aryl methyl sites for hydroxylation is 1. The van der Waals surface area contributed by atoms with Gasteiger partial charge in [-0.15, -0.1) is 0 Å². The third kappa shape index (κ3) is 5.52. The SMILES string of the molecule is CCc1ccc(B(OC(c2ccc(C(F)(F)F)cc2)c2ccccn2)c2ccccc2)cc1. The van der Waals surface area contributed by atoms with Gasteiger partial charge in [0.1, 0.15) is 6.10 Å². The number of pyridine rings is 1. The molecule has 1 aromatic heterocycles. The van der Waals surface area contributed by atoms with E-state index in [9.17, 15) is 13.2 Å². The smallest absolute Gasteiger partial charge is 0.414 e. The molecule has 0 bridgehead atoms. The molecule has 4 aromatic rings. The molecule has 1 atom stereocenters. The molecule has 4 rings (SSSR count). The second kappa shape index (κ2) is 10.0. The second-order valence-corrected chi connectivity index (χ2v) is 7.78. The third-order valence-electron chi connectivity index (χ3n) is 5.56. The van der Waals surface area contributed by atoms with Crippen LogP contribution in [0.25, 0.3) is 0 Å². The zero-order valence-electron chi connectivity index (χ0n) is 18.2. The van der Waals surface area contributed by atoms with Crippen molar-refractivity contribution in [3.05, 3.63) is 126 Å². The molecule has 0 N–H and O–H groups in total. The van der Waals surface area contributed by atoms with E-state index in [0.29, 0.717) is 11.3 Å². The summed E-state index contributed by atoms with van der Waals surface area (Å²) in [4.78, 5) is 4.45. The van der Waals surface area contributed by atoms with Gasteiger partial charge in [0.25, 0.3) is 0 Å². The van der Waals surface area contributed by atoms with Gasteiger partial charge >= 0.3 is 13.1 Å². The lowest BCUT2D eigenvalue weighted by atomic mass is 9.55. The van der Waals surface area contributed by atoms with Crippen LogP contribution in [0.1, 0.15) is 35.4 Å². The highest BCUT2D eigenvalue weighted by molar-refractivity contribution is 6.80. The zero-order chi connectivity index (χ0) is 23.3. The average Bonchev–Trinajstić information content (AvgIpc) is 2.85. The molecule has 0 radical (unpaired) electrons. The van der Waals surface area contributed by atoms with Crippen LogP contribution >= 0.6 is 0 Å². The lowest BCUT2D eigenvalue weighted by Gasteiger charge is -2.24. The number of hydrogen-bond acceptors (Lipinski definition) is 2. The van der Waals surface area contributed by atoms with Crippen LogP contribution in [0.15, 0.2) is 103 Å². The Morgan fingerprint density at radius 1 is 0.788 bits per heavy atom. The molecule has 0 aliphatic carbocycles. The van der Waals surface area contributed by atoms with Crippen LogP contribution in [-0.2, 0) is 17.3 Å². The van der Waals surface area contributed by atoms with Crippen molar-refractivity contribution in [2.24, 2.45) is 0 Å². The van der Waals surface area contributed by atoms with Crippen molar-refractivity contribution in [2.75, 3.05) is 0 Å². The van der Waals surface area contributed by atoms with E-state index >= 15 is 0 Å². The lowest BCUT2D eigenvalue weighted by molar-refractivity contribution is -0.137. The fraction of sp³-hybridized carbons (Fsp3) is 0.148. The molecule has 0 saturated carbocycles. The quantitative estimate of drug-likeness (QED) is 0.347. The Hall–Kier alpha value is -3.38. The van der Waals surface area contributed by atoms with Crippen LogP contribution in [0.5, 0.6) is 0 Å². The van der Waals surface area contributed by atoms with Crippen molar-refractivity contribution in [2.45, 2.75) is 25.6 Å². The molecule has 3 aromatic carbocycles. The average molecular weight is 445 g/mol. The van der Waals surface area contributed by atoms with Crippen LogP contribution in [0.4, 0.5) is 13.2 Å². The maximum atomic E-state index is 13.1. The first kappa shape index (κ1) is 22.8. The molecule has 1 heterocycles. The Morgan fingerprint density at radius 2 is 1.42 bits per heavy atom. The minimum atomic E-state index is -4.40. The summed E-state index contributed by atoms with van der Waals surface area (Å²) in [5.74, 6) is 0. The fourth-order valence-corrected chi connectivity index (χ4v) is 3.74. The van der Waals surface area contributed by atoms with Gasteiger partial charge in [0.15, 0.2) is 0 Å². The van der Waals surface area contributed by atoms with E-state index in [1.54, 1.807) is 12.3 Å². The van der Waals surface area contributed by atoms with Crippen molar-refractivity contribution in [1.29, 1.82) is 0 Å². The van der Waals surface area contributed by atoms with E-state index in [-0.39, 0.29) is 0 Å². The first-order valence-corrected chi connectivity index (χ1v) is 10.8. The third-order valence-corrected chi connectivity index (χ3v) is 5.56. The predicted octanol–water partition coefficient (Wildman–Crippen LogP) is 5.57. The maximum absolute atomic E-state index is 13.1. The number of rotatable bonds is 7. The highest BCUT2D eigenvalue weighted by atomic mass is 19.4. The van der Waals surface area contributed by atoms with Crippen LogP contribution in [0.2, 0.25) is 0 Å². The van der Waals surface area contributed by atoms with Crippen LogP contribution in [-0.4, -0.2) is 11.9 Å². The zero-order valence-corrected chi connectivity index (χ0v) is 18.2. The van der Waals surface area contributed by atoms with Gasteiger partial charge in [-0.3, -0.25) is 4.98 Å². The summed E-state index contributed by atoms with van der Waals surface area (Å²) in [5.41, 5.74) is 3.67. The number of alkyl halides is 3. The minimum Gasteiger partial charge on any atom is -0.414 e. The molecule has 166 valence electrons. The van der Waals surface area contributed by atoms with Crippen LogP contribution < -0.4 is 10.9 Å². The summed E-state index contributed by atoms with van der Waals surface area (Å²) in [6.45, 7) is 1.67. The Kier molecular flexibility index (Phi) is 6.94. The van der Waals surface area contributed by atoms with Gasteiger partial charge in [-0.2, -0.15) is 13.2 Å². The maximum Gasteiger partial charge on any atom is 0.416 e. The van der Waals surface area contributed by atoms with Gasteiger partial charge in [-0.05, 0) is 52.7 Å². The van der Waals surface area contributed by atoms with Crippen molar-refractivity contribution < 1.29 is 17.8 Å². The molecule has 0 fully saturated rings. The van der Waals surface area contributed by atoms with E-state index in [1.807, 2.05) is 54.6 Å². The lowest BCUT2D eigenvalue weighted by Crippen LogP contribution is -2.46. The molecule has 0 aliphatic rings. The Morgan fingerprint density at radius 3 is 2.00 bits per heavy atom. The van der Waals surface area contributed by atoms with Gasteiger partial charge in [0.05, 0.1) is 11.3 Å². The van der Waals surface area contributed by atoms with Gasteiger partial charge in [-0.1, -0.05) is 79.7 Å². The normalized spacial score (nSPS) is 12.4. The number of benzene rings is 3. The van der Waals surface area contributed by atoms with E-state index in [4.69, 9.17) is 4.65 Å². The molecule has 2 nitrogen and oxygen atoms in total. The summed E-state index contributed by atoms with van der Waals surface area (Å²) >= 11 is 0. The molecular weight excluding hydrogens is 422 g/mol. The summed E-state index contributed by atoms with van der Waals surface area (Å²) < 4.78 is 46.0. The number of hydrogen-bond donors (Lipinski definition) is 0. The summed E-state index contributed by atoms with van der Waals surface area (Å²) in [6.07, 6.45) is -2.46. The monoisotopic (exact) mass is 445 g/mol.